The molecule has 1 unspecified atom stereocenters. The zero-order valence-electron chi connectivity index (χ0n) is 18.3. The minimum absolute atomic E-state index is 0.00823. The molecule has 2 aliphatic rings. The fraction of sp³-hybridized carbons (Fsp3) is 0.682. The summed E-state index contributed by atoms with van der Waals surface area (Å²) in [6.45, 7) is 12.6. The van der Waals surface area contributed by atoms with Gasteiger partial charge in [-0.05, 0) is 33.1 Å². The Morgan fingerprint density at radius 1 is 1.24 bits per heavy atom. The fourth-order valence-electron chi connectivity index (χ4n) is 4.56. The maximum absolute atomic E-state index is 13.2. The lowest BCUT2D eigenvalue weighted by Crippen LogP contribution is -2.44. The highest BCUT2D eigenvalue weighted by Crippen LogP contribution is 2.34. The number of H-pyrrole nitrogens is 1. The number of likely N-dealkylation sites (tertiary alicyclic amines) is 1. The van der Waals surface area contributed by atoms with Crippen LogP contribution in [0.25, 0.3) is 5.65 Å². The number of amides is 1. The normalized spacial score (nSPS) is 21.0. The molecular weight excluding hydrogens is 366 g/mol. The Bertz CT molecular complexity index is 981. The Balaban J connectivity index is 1.73. The molecule has 4 heterocycles. The number of carbonyl (C=O) groups is 1. The topological polar surface area (TPSA) is 73.7 Å². The van der Waals surface area contributed by atoms with Crippen molar-refractivity contribution in [3.05, 3.63) is 33.4 Å². The van der Waals surface area contributed by atoms with E-state index in [9.17, 15) is 9.59 Å². The summed E-state index contributed by atoms with van der Waals surface area (Å²) in [5, 5.41) is 3.29. The van der Waals surface area contributed by atoms with Crippen LogP contribution in [0.15, 0.2) is 10.9 Å². The van der Waals surface area contributed by atoms with Crippen molar-refractivity contribution in [2.75, 3.05) is 13.1 Å². The van der Waals surface area contributed by atoms with E-state index in [1.807, 2.05) is 31.7 Å². The lowest BCUT2D eigenvalue weighted by atomic mass is 9.90. The van der Waals surface area contributed by atoms with Gasteiger partial charge in [0.1, 0.15) is 0 Å². The van der Waals surface area contributed by atoms with Crippen LogP contribution in [-0.4, -0.2) is 49.4 Å². The van der Waals surface area contributed by atoms with Gasteiger partial charge in [0, 0.05) is 43.6 Å². The van der Waals surface area contributed by atoms with Gasteiger partial charge in [-0.25, -0.2) is 9.50 Å². The molecule has 7 heteroatoms. The largest absolute Gasteiger partial charge is 0.334 e. The Morgan fingerprint density at radius 2 is 2.00 bits per heavy atom. The van der Waals surface area contributed by atoms with Crippen LogP contribution >= 0.6 is 0 Å². The standard InChI is InChI=1S/C22H33N5O2/c1-14(2)25-11-9-16-15(13-25)20(28)27-19(23-16)12-17(24-27)18-8-6-7-10-26(18)21(29)22(3,4)5/h12,14,18,24H,6-11,13H2,1-5H3. The second kappa shape index (κ2) is 7.27. The van der Waals surface area contributed by atoms with Crippen LogP contribution in [0.4, 0.5) is 0 Å². The van der Waals surface area contributed by atoms with Crippen molar-refractivity contribution in [2.45, 2.75) is 78.9 Å². The van der Waals surface area contributed by atoms with Gasteiger partial charge in [0.05, 0.1) is 23.0 Å². The number of piperidine rings is 1. The van der Waals surface area contributed by atoms with E-state index < -0.39 is 5.41 Å². The van der Waals surface area contributed by atoms with Gasteiger partial charge in [0.15, 0.2) is 5.65 Å². The molecule has 0 spiro atoms. The van der Waals surface area contributed by atoms with Crippen molar-refractivity contribution in [3.63, 3.8) is 0 Å². The number of aromatic nitrogens is 3. The van der Waals surface area contributed by atoms with Crippen LogP contribution in [0.2, 0.25) is 0 Å². The monoisotopic (exact) mass is 399 g/mol. The molecule has 0 aliphatic carbocycles. The third kappa shape index (κ3) is 3.61. The molecule has 29 heavy (non-hydrogen) atoms. The molecule has 7 nitrogen and oxygen atoms in total. The summed E-state index contributed by atoms with van der Waals surface area (Å²) in [7, 11) is 0. The Labute approximate surface area is 172 Å². The molecule has 1 N–H and O–H groups in total. The zero-order chi connectivity index (χ0) is 20.9. The average molecular weight is 400 g/mol. The Kier molecular flexibility index (Phi) is 5.05. The summed E-state index contributed by atoms with van der Waals surface area (Å²) >= 11 is 0. The van der Waals surface area contributed by atoms with E-state index in [1.165, 1.54) is 0 Å². The van der Waals surface area contributed by atoms with E-state index in [2.05, 4.69) is 23.8 Å². The van der Waals surface area contributed by atoms with Gasteiger partial charge in [-0.15, -0.1) is 0 Å². The van der Waals surface area contributed by atoms with E-state index in [1.54, 1.807) is 4.52 Å². The number of hydrogen-bond donors (Lipinski definition) is 1. The highest BCUT2D eigenvalue weighted by Gasteiger charge is 2.35. The number of aromatic amines is 1. The molecule has 1 atom stereocenters. The van der Waals surface area contributed by atoms with E-state index >= 15 is 0 Å². The first-order valence-electron chi connectivity index (χ1n) is 10.9. The Morgan fingerprint density at radius 3 is 2.69 bits per heavy atom. The van der Waals surface area contributed by atoms with E-state index in [-0.39, 0.29) is 17.5 Å². The molecule has 2 aliphatic heterocycles. The van der Waals surface area contributed by atoms with Crippen molar-refractivity contribution >= 4 is 11.6 Å². The lowest BCUT2D eigenvalue weighted by Gasteiger charge is -2.38. The summed E-state index contributed by atoms with van der Waals surface area (Å²) in [5.41, 5.74) is 2.86. The number of fused-ring (bicyclic) bond motifs is 2. The SMILES string of the molecule is CC(C)N1CCc2nc3cc(C4CCCCN4C(=O)C(C)(C)C)[nH]n3c(=O)c2C1. The summed E-state index contributed by atoms with van der Waals surface area (Å²) in [6, 6.07) is 2.34. The van der Waals surface area contributed by atoms with Gasteiger partial charge in [-0.2, -0.15) is 0 Å². The molecule has 0 radical (unpaired) electrons. The summed E-state index contributed by atoms with van der Waals surface area (Å²) in [6.07, 6.45) is 3.81. The minimum atomic E-state index is -0.421. The van der Waals surface area contributed by atoms with Crippen molar-refractivity contribution < 1.29 is 4.79 Å². The lowest BCUT2D eigenvalue weighted by molar-refractivity contribution is -0.143. The van der Waals surface area contributed by atoms with Crippen LogP contribution in [-0.2, 0) is 17.8 Å². The fourth-order valence-corrected chi connectivity index (χ4v) is 4.56. The number of carbonyl (C=O) groups excluding carboxylic acids is 1. The van der Waals surface area contributed by atoms with Crippen LogP contribution in [0.3, 0.4) is 0 Å². The average Bonchev–Trinajstić information content (AvgIpc) is 3.10. The zero-order valence-corrected chi connectivity index (χ0v) is 18.3. The number of nitrogens with one attached hydrogen (secondary N) is 1. The van der Waals surface area contributed by atoms with Gasteiger partial charge in [-0.3, -0.25) is 19.6 Å². The number of nitrogens with zero attached hydrogens (tertiary/aromatic N) is 4. The molecular formula is C22H33N5O2. The molecule has 0 bridgehead atoms. The molecule has 158 valence electrons. The van der Waals surface area contributed by atoms with Crippen molar-refractivity contribution in [3.8, 4) is 0 Å². The first-order chi connectivity index (χ1) is 13.7. The highest BCUT2D eigenvalue weighted by molar-refractivity contribution is 5.82. The van der Waals surface area contributed by atoms with E-state index in [0.717, 1.165) is 55.7 Å². The van der Waals surface area contributed by atoms with E-state index in [0.29, 0.717) is 18.2 Å². The summed E-state index contributed by atoms with van der Waals surface area (Å²) in [5.74, 6) is 0.160. The Hall–Kier alpha value is -2.15. The molecule has 2 aromatic rings. The third-order valence-electron chi connectivity index (χ3n) is 6.31. The summed E-state index contributed by atoms with van der Waals surface area (Å²) < 4.78 is 1.58. The third-order valence-corrected chi connectivity index (χ3v) is 6.31. The first kappa shape index (κ1) is 20.1. The molecule has 1 fully saturated rings. The predicted molar refractivity (Wildman–Crippen MR) is 113 cm³/mol. The molecule has 4 rings (SSSR count). The highest BCUT2D eigenvalue weighted by atomic mass is 16.2. The van der Waals surface area contributed by atoms with Gasteiger partial charge >= 0.3 is 0 Å². The molecule has 0 aromatic carbocycles. The number of hydrogen-bond acceptors (Lipinski definition) is 4. The van der Waals surface area contributed by atoms with Crippen LogP contribution in [0, 0.1) is 5.41 Å². The first-order valence-corrected chi connectivity index (χ1v) is 10.9. The van der Waals surface area contributed by atoms with Crippen LogP contribution in [0.5, 0.6) is 0 Å². The van der Waals surface area contributed by atoms with Crippen molar-refractivity contribution in [1.29, 1.82) is 0 Å². The molecule has 1 saturated heterocycles. The number of rotatable bonds is 2. The maximum atomic E-state index is 13.2. The van der Waals surface area contributed by atoms with Crippen LogP contribution in [0.1, 0.15) is 76.9 Å². The minimum Gasteiger partial charge on any atom is -0.334 e. The second-order valence-corrected chi connectivity index (χ2v) is 9.82. The quantitative estimate of drug-likeness (QED) is 0.843. The summed E-state index contributed by atoms with van der Waals surface area (Å²) in [4.78, 5) is 35.3. The van der Waals surface area contributed by atoms with Gasteiger partial charge in [0.2, 0.25) is 5.91 Å². The van der Waals surface area contributed by atoms with Gasteiger partial charge < -0.3 is 4.90 Å². The molecule has 2 aromatic heterocycles. The van der Waals surface area contributed by atoms with E-state index in [4.69, 9.17) is 4.98 Å². The van der Waals surface area contributed by atoms with Crippen molar-refractivity contribution in [1.82, 2.24) is 24.4 Å². The second-order valence-electron chi connectivity index (χ2n) is 9.82. The van der Waals surface area contributed by atoms with Gasteiger partial charge in [-0.1, -0.05) is 20.8 Å². The molecule has 0 saturated carbocycles. The maximum Gasteiger partial charge on any atom is 0.277 e. The van der Waals surface area contributed by atoms with Gasteiger partial charge in [0.25, 0.3) is 5.56 Å². The molecule has 1 amide bonds. The predicted octanol–water partition coefficient (Wildman–Crippen LogP) is 2.89. The smallest absolute Gasteiger partial charge is 0.277 e. The van der Waals surface area contributed by atoms with Crippen LogP contribution < -0.4 is 5.56 Å². The van der Waals surface area contributed by atoms with Crippen molar-refractivity contribution in [2.24, 2.45) is 5.41 Å².